The normalized spacial score (nSPS) is 13.5. The zero-order chi connectivity index (χ0) is 19.2. The molecule has 3 rings (SSSR count). The molecule has 0 radical (unpaired) electrons. The molecule has 1 heterocycles. The average Bonchev–Trinajstić information content (AvgIpc) is 3.10. The first-order chi connectivity index (χ1) is 13.0. The monoisotopic (exact) mass is 385 g/mol. The number of benzene rings is 2. The Labute approximate surface area is 160 Å². The van der Waals surface area contributed by atoms with Crippen molar-refractivity contribution in [2.45, 2.75) is 0 Å². The van der Waals surface area contributed by atoms with Crippen molar-refractivity contribution < 1.29 is 14.7 Å². The number of amidine groups is 1. The Hall–Kier alpha value is -3.36. The number of hydrogen-bond donors (Lipinski definition) is 4. The molecule has 27 heavy (non-hydrogen) atoms. The number of halogens is 1. The minimum Gasteiger partial charge on any atom is -0.465 e. The van der Waals surface area contributed by atoms with Crippen LogP contribution < -0.4 is 16.1 Å². The number of anilines is 2. The zero-order valence-corrected chi connectivity index (χ0v) is 14.8. The average molecular weight is 386 g/mol. The summed E-state index contributed by atoms with van der Waals surface area (Å²) in [6.45, 7) is 0.395. The van der Waals surface area contributed by atoms with Crippen LogP contribution in [0.2, 0.25) is 5.02 Å². The van der Waals surface area contributed by atoms with Gasteiger partial charge in [-0.05, 0) is 36.4 Å². The van der Waals surface area contributed by atoms with Crippen molar-refractivity contribution in [1.29, 1.82) is 0 Å². The fraction of sp³-hybridized carbons (Fsp3) is 0.0556. The van der Waals surface area contributed by atoms with Crippen LogP contribution in [0.15, 0.2) is 65.8 Å². The first-order valence-corrected chi connectivity index (χ1v) is 8.31. The van der Waals surface area contributed by atoms with E-state index >= 15 is 0 Å². The number of aliphatic imine (C=N–C) groups is 1. The van der Waals surface area contributed by atoms with Gasteiger partial charge in [-0.2, -0.15) is 0 Å². The Bertz CT molecular complexity index is 911. The summed E-state index contributed by atoms with van der Waals surface area (Å²) in [6, 6.07) is 13.6. The lowest BCUT2D eigenvalue weighted by Crippen LogP contribution is -2.32. The topological polar surface area (TPSA) is 106 Å². The molecule has 2 aromatic rings. The second kappa shape index (κ2) is 8.35. The number of carbonyl (C=O) groups excluding carboxylic acids is 1. The third kappa shape index (κ3) is 5.06. The van der Waals surface area contributed by atoms with Gasteiger partial charge in [0.15, 0.2) is 5.84 Å². The summed E-state index contributed by atoms with van der Waals surface area (Å²) in [4.78, 5) is 27.0. The van der Waals surface area contributed by atoms with Gasteiger partial charge in [-0.3, -0.25) is 15.1 Å². The second-order valence-electron chi connectivity index (χ2n) is 5.49. The zero-order valence-electron chi connectivity index (χ0n) is 14.0. The predicted octanol–water partition coefficient (Wildman–Crippen LogP) is 3.11. The molecule has 9 heteroatoms. The van der Waals surface area contributed by atoms with Gasteiger partial charge < -0.3 is 10.4 Å². The molecule has 1 aliphatic rings. The number of hydrazine groups is 1. The highest BCUT2D eigenvalue weighted by atomic mass is 35.5. The number of nitrogens with one attached hydrogen (secondary N) is 3. The molecule has 0 aliphatic carbocycles. The van der Waals surface area contributed by atoms with Gasteiger partial charge in [0, 0.05) is 34.2 Å². The quantitative estimate of drug-likeness (QED) is 0.592. The molecule has 0 aromatic heterocycles. The van der Waals surface area contributed by atoms with E-state index in [0.717, 1.165) is 5.56 Å². The van der Waals surface area contributed by atoms with E-state index in [-0.39, 0.29) is 5.91 Å². The molecule has 8 nitrogen and oxygen atoms in total. The molecule has 0 saturated heterocycles. The summed E-state index contributed by atoms with van der Waals surface area (Å²) >= 11 is 6.01. The predicted molar refractivity (Wildman–Crippen MR) is 104 cm³/mol. The number of rotatable bonds is 5. The molecule has 2 aromatic carbocycles. The van der Waals surface area contributed by atoms with Gasteiger partial charge >= 0.3 is 6.09 Å². The second-order valence-corrected chi connectivity index (χ2v) is 5.93. The van der Waals surface area contributed by atoms with Crippen molar-refractivity contribution in [3.63, 3.8) is 0 Å². The third-order valence-electron chi connectivity index (χ3n) is 3.56. The molecule has 0 unspecified atom stereocenters. The van der Waals surface area contributed by atoms with E-state index in [1.807, 2.05) is 12.1 Å². The number of hydrogen-bond acceptors (Lipinski definition) is 5. The van der Waals surface area contributed by atoms with Gasteiger partial charge in [0.2, 0.25) is 5.91 Å². The summed E-state index contributed by atoms with van der Waals surface area (Å²) in [5.74, 6) is 0.318. The van der Waals surface area contributed by atoms with Crippen LogP contribution in [0.5, 0.6) is 0 Å². The minimum atomic E-state index is -1.15. The molecular weight excluding hydrogens is 370 g/mol. The fourth-order valence-electron chi connectivity index (χ4n) is 2.41. The molecule has 0 spiro atoms. The summed E-state index contributed by atoms with van der Waals surface area (Å²) in [7, 11) is 0. The van der Waals surface area contributed by atoms with Crippen molar-refractivity contribution in [1.82, 2.24) is 10.4 Å². The maximum absolute atomic E-state index is 12.1. The molecule has 0 bridgehead atoms. The lowest BCUT2D eigenvalue weighted by molar-refractivity contribution is -0.112. The molecule has 2 amide bonds. The SMILES string of the molecule is O=C(O)Nc1ccc(NC(=O)C=CN2NCN=C2c2cccc(Cl)c2)cc1. The van der Waals surface area contributed by atoms with Gasteiger partial charge in [0.05, 0.1) is 0 Å². The van der Waals surface area contributed by atoms with Crippen LogP contribution >= 0.6 is 11.6 Å². The Balaban J connectivity index is 1.61. The fourth-order valence-corrected chi connectivity index (χ4v) is 2.60. The number of carbonyl (C=O) groups is 2. The van der Waals surface area contributed by atoms with Crippen LogP contribution in [0.3, 0.4) is 0 Å². The van der Waals surface area contributed by atoms with Gasteiger partial charge in [0.25, 0.3) is 0 Å². The first kappa shape index (κ1) is 18.4. The molecule has 0 atom stereocenters. The lowest BCUT2D eigenvalue weighted by atomic mass is 10.2. The van der Waals surface area contributed by atoms with Crippen LogP contribution in [-0.4, -0.2) is 34.6 Å². The van der Waals surface area contributed by atoms with Crippen molar-refractivity contribution in [3.05, 3.63) is 71.4 Å². The highest BCUT2D eigenvalue weighted by Gasteiger charge is 2.16. The molecule has 0 saturated carbocycles. The van der Waals surface area contributed by atoms with E-state index in [1.165, 1.54) is 6.08 Å². The number of nitrogens with zero attached hydrogens (tertiary/aromatic N) is 2. The summed E-state index contributed by atoms with van der Waals surface area (Å²) < 4.78 is 0. The Morgan fingerprint density at radius 2 is 1.85 bits per heavy atom. The first-order valence-electron chi connectivity index (χ1n) is 7.93. The van der Waals surface area contributed by atoms with Crippen molar-refractivity contribution in [2.75, 3.05) is 17.3 Å². The minimum absolute atomic E-state index is 0.340. The van der Waals surface area contributed by atoms with E-state index in [4.69, 9.17) is 16.7 Å². The van der Waals surface area contributed by atoms with Crippen LogP contribution in [0.25, 0.3) is 0 Å². The number of carboxylic acid groups (broad SMARTS) is 1. The van der Waals surface area contributed by atoms with Crippen LogP contribution in [0.1, 0.15) is 5.56 Å². The van der Waals surface area contributed by atoms with Crippen LogP contribution in [0.4, 0.5) is 16.2 Å². The molecule has 1 aliphatic heterocycles. The van der Waals surface area contributed by atoms with Gasteiger partial charge in [-0.15, -0.1) is 0 Å². The number of amides is 2. The standard InChI is InChI=1S/C18H16ClN5O3/c19-13-3-1-2-12(10-13)17-20-11-21-24(17)9-8-16(25)22-14-4-6-15(7-5-14)23-18(26)27/h1-10,21,23H,11H2,(H,22,25)(H,26,27). The molecule has 138 valence electrons. The van der Waals surface area contributed by atoms with E-state index in [9.17, 15) is 9.59 Å². The van der Waals surface area contributed by atoms with E-state index < -0.39 is 6.09 Å². The molecule has 4 N–H and O–H groups in total. The van der Waals surface area contributed by atoms with Crippen LogP contribution in [-0.2, 0) is 4.79 Å². The van der Waals surface area contributed by atoms with Gasteiger partial charge in [-0.1, -0.05) is 23.7 Å². The van der Waals surface area contributed by atoms with Gasteiger partial charge in [0.1, 0.15) is 6.67 Å². The summed E-state index contributed by atoms with van der Waals surface area (Å²) in [6.07, 6.45) is 1.79. The molecular formula is C18H16ClN5O3. The van der Waals surface area contributed by atoms with E-state index in [2.05, 4.69) is 21.1 Å². The highest BCUT2D eigenvalue weighted by molar-refractivity contribution is 6.31. The van der Waals surface area contributed by atoms with E-state index in [0.29, 0.717) is 28.9 Å². The van der Waals surface area contributed by atoms with Crippen molar-refractivity contribution in [2.24, 2.45) is 4.99 Å². The Morgan fingerprint density at radius 3 is 2.52 bits per heavy atom. The van der Waals surface area contributed by atoms with Gasteiger partial charge in [-0.25, -0.2) is 15.2 Å². The van der Waals surface area contributed by atoms with E-state index in [1.54, 1.807) is 47.6 Å². The maximum Gasteiger partial charge on any atom is 0.409 e. The third-order valence-corrected chi connectivity index (χ3v) is 3.79. The summed E-state index contributed by atoms with van der Waals surface area (Å²) in [5, 5.41) is 15.8. The molecule has 0 fully saturated rings. The van der Waals surface area contributed by atoms with Crippen molar-refractivity contribution in [3.8, 4) is 0 Å². The smallest absolute Gasteiger partial charge is 0.409 e. The largest absolute Gasteiger partial charge is 0.465 e. The maximum atomic E-state index is 12.1. The highest BCUT2D eigenvalue weighted by Crippen LogP contribution is 2.16. The summed E-state index contributed by atoms with van der Waals surface area (Å²) in [5.41, 5.74) is 4.81. The Kier molecular flexibility index (Phi) is 5.70. The lowest BCUT2D eigenvalue weighted by Gasteiger charge is -2.15. The van der Waals surface area contributed by atoms with Crippen LogP contribution in [0, 0.1) is 0 Å². The van der Waals surface area contributed by atoms with Crippen molar-refractivity contribution >= 4 is 40.8 Å². The Morgan fingerprint density at radius 1 is 1.15 bits per heavy atom.